The van der Waals surface area contributed by atoms with Crippen molar-refractivity contribution in [2.24, 2.45) is 7.05 Å². The number of carbonyl (C=O) groups excluding carboxylic acids is 1. The Morgan fingerprint density at radius 2 is 2.11 bits per heavy atom. The molecule has 5 rings (SSSR count). The van der Waals surface area contributed by atoms with E-state index in [1.165, 1.54) is 4.68 Å². The van der Waals surface area contributed by atoms with Crippen LogP contribution in [0.2, 0.25) is 0 Å². The molecule has 1 atom stereocenters. The summed E-state index contributed by atoms with van der Waals surface area (Å²) in [5.74, 6) is 0.722. The number of aryl methyl sites for hydroxylation is 3. The van der Waals surface area contributed by atoms with E-state index in [1.54, 1.807) is 25.2 Å². The summed E-state index contributed by atoms with van der Waals surface area (Å²) < 4.78 is 3.42. The third-order valence-corrected chi connectivity index (χ3v) is 5.22. The van der Waals surface area contributed by atoms with E-state index < -0.39 is 0 Å². The maximum atomic E-state index is 13.4. The second-order valence-corrected chi connectivity index (χ2v) is 7.10. The van der Waals surface area contributed by atoms with Gasteiger partial charge in [0.2, 0.25) is 5.82 Å². The van der Waals surface area contributed by atoms with Crippen molar-refractivity contribution in [1.82, 2.24) is 39.2 Å². The molecule has 0 bridgehead atoms. The van der Waals surface area contributed by atoms with Crippen LogP contribution in [0.1, 0.15) is 45.3 Å². The lowest BCUT2D eigenvalue weighted by Gasteiger charge is -2.33. The predicted molar refractivity (Wildman–Crippen MR) is 101 cm³/mol. The zero-order chi connectivity index (χ0) is 19.4. The number of amides is 1. The first kappa shape index (κ1) is 16.7. The van der Waals surface area contributed by atoms with Crippen molar-refractivity contribution in [2.75, 3.05) is 6.54 Å². The highest BCUT2D eigenvalue weighted by Gasteiger charge is 2.37. The van der Waals surface area contributed by atoms with Gasteiger partial charge in [-0.15, -0.1) is 0 Å². The highest BCUT2D eigenvalue weighted by atomic mass is 16.2. The number of carbonyl (C=O) groups is 1. The van der Waals surface area contributed by atoms with Crippen LogP contribution in [-0.2, 0) is 13.5 Å². The van der Waals surface area contributed by atoms with Gasteiger partial charge in [0.1, 0.15) is 11.9 Å². The van der Waals surface area contributed by atoms with Crippen LogP contribution in [0.4, 0.5) is 0 Å². The van der Waals surface area contributed by atoms with Crippen LogP contribution in [0.5, 0.6) is 0 Å². The quantitative estimate of drug-likeness (QED) is 0.573. The lowest BCUT2D eigenvalue weighted by molar-refractivity contribution is 0.0669. The highest BCUT2D eigenvalue weighted by Crippen LogP contribution is 2.34. The number of nitrogens with one attached hydrogen (secondary N) is 1. The van der Waals surface area contributed by atoms with E-state index in [0.717, 1.165) is 28.3 Å². The summed E-state index contributed by atoms with van der Waals surface area (Å²) in [5, 5.41) is 9.02. The van der Waals surface area contributed by atoms with Crippen LogP contribution in [-0.4, -0.2) is 51.7 Å². The smallest absolute Gasteiger partial charge is 0.292 e. The maximum absolute atomic E-state index is 13.4. The first-order valence-corrected chi connectivity index (χ1v) is 9.19. The lowest BCUT2D eigenvalue weighted by Crippen LogP contribution is -2.42. The summed E-state index contributed by atoms with van der Waals surface area (Å²) in [6.07, 6.45) is 2.39. The molecule has 5 heterocycles. The van der Waals surface area contributed by atoms with Gasteiger partial charge in [0.15, 0.2) is 0 Å². The number of fused-ring (bicyclic) bond motifs is 2. The monoisotopic (exact) mass is 376 g/mol. The second-order valence-electron chi connectivity index (χ2n) is 7.10. The number of pyridine rings is 1. The van der Waals surface area contributed by atoms with E-state index in [4.69, 9.17) is 5.10 Å². The van der Waals surface area contributed by atoms with E-state index >= 15 is 0 Å². The van der Waals surface area contributed by atoms with Gasteiger partial charge in [-0.1, -0.05) is 6.07 Å². The molecule has 1 amide bonds. The molecular weight excluding hydrogens is 356 g/mol. The van der Waals surface area contributed by atoms with Gasteiger partial charge in [-0.3, -0.25) is 4.79 Å². The Labute approximate surface area is 161 Å². The first-order chi connectivity index (χ1) is 13.5. The van der Waals surface area contributed by atoms with Gasteiger partial charge in [-0.2, -0.15) is 10.2 Å². The second kappa shape index (κ2) is 6.01. The molecule has 0 saturated heterocycles. The first-order valence-electron chi connectivity index (χ1n) is 9.19. The molecule has 4 aromatic rings. The number of aromatic nitrogens is 7. The van der Waals surface area contributed by atoms with E-state index in [0.29, 0.717) is 24.6 Å². The third kappa shape index (κ3) is 2.43. The summed E-state index contributed by atoms with van der Waals surface area (Å²) in [5.41, 5.74) is 4.68. The lowest BCUT2D eigenvalue weighted by atomic mass is 9.99. The van der Waals surface area contributed by atoms with Crippen LogP contribution < -0.4 is 0 Å². The molecule has 0 aliphatic carbocycles. The maximum Gasteiger partial charge on any atom is 0.292 e. The molecule has 28 heavy (non-hydrogen) atoms. The molecule has 0 saturated carbocycles. The Kier molecular flexibility index (Phi) is 3.58. The Balaban J connectivity index is 1.65. The minimum absolute atomic E-state index is 0.171. The molecule has 1 aliphatic rings. The Morgan fingerprint density at radius 1 is 1.25 bits per heavy atom. The molecule has 0 radical (unpaired) electrons. The van der Waals surface area contributed by atoms with Gasteiger partial charge in [0.25, 0.3) is 5.91 Å². The number of hydrogen-bond acceptors (Lipinski definition) is 5. The Morgan fingerprint density at radius 3 is 2.86 bits per heavy atom. The van der Waals surface area contributed by atoms with Crippen molar-refractivity contribution in [2.45, 2.75) is 26.3 Å². The molecule has 1 N–H and O–H groups in total. The van der Waals surface area contributed by atoms with Crippen molar-refractivity contribution < 1.29 is 4.79 Å². The third-order valence-electron chi connectivity index (χ3n) is 5.22. The topological polar surface area (TPSA) is 97.0 Å². The molecule has 0 aromatic carbocycles. The zero-order valence-corrected chi connectivity index (χ0v) is 15.9. The summed E-state index contributed by atoms with van der Waals surface area (Å²) in [7, 11) is 1.74. The molecule has 142 valence electrons. The van der Waals surface area contributed by atoms with Crippen molar-refractivity contribution in [1.29, 1.82) is 0 Å². The average molecular weight is 376 g/mol. The molecule has 1 unspecified atom stereocenters. The van der Waals surface area contributed by atoms with E-state index in [2.05, 4.69) is 20.1 Å². The molecule has 0 spiro atoms. The molecule has 0 fully saturated rings. The summed E-state index contributed by atoms with van der Waals surface area (Å²) in [6.45, 7) is 4.34. The van der Waals surface area contributed by atoms with Gasteiger partial charge in [-0.25, -0.2) is 19.2 Å². The Hall–Kier alpha value is -3.49. The minimum Gasteiger partial charge on any atom is -0.348 e. The van der Waals surface area contributed by atoms with Gasteiger partial charge < -0.3 is 9.88 Å². The van der Waals surface area contributed by atoms with E-state index in [-0.39, 0.29) is 11.9 Å². The van der Waals surface area contributed by atoms with Gasteiger partial charge in [0.05, 0.1) is 23.2 Å². The molecule has 9 heteroatoms. The SMILES string of the molecule is Cc1nc(C(=O)N2CCc3[nH]cnc3C2c2cc3cccc(C)n3n2)n(C)n1. The summed E-state index contributed by atoms with van der Waals surface area (Å²) in [4.78, 5) is 27.2. The van der Waals surface area contributed by atoms with Crippen LogP contribution in [0.25, 0.3) is 5.52 Å². The van der Waals surface area contributed by atoms with Crippen LogP contribution in [0.3, 0.4) is 0 Å². The number of imidazole rings is 1. The van der Waals surface area contributed by atoms with Crippen molar-refractivity contribution in [3.05, 3.63) is 65.0 Å². The summed E-state index contributed by atoms with van der Waals surface area (Å²) in [6, 6.07) is 7.66. The number of rotatable bonds is 2. The minimum atomic E-state index is -0.376. The number of hydrogen-bond donors (Lipinski definition) is 1. The van der Waals surface area contributed by atoms with Crippen molar-refractivity contribution in [3.63, 3.8) is 0 Å². The van der Waals surface area contributed by atoms with E-state index in [1.807, 2.05) is 35.7 Å². The number of aromatic amines is 1. The Bertz CT molecular complexity index is 1200. The zero-order valence-electron chi connectivity index (χ0n) is 15.9. The van der Waals surface area contributed by atoms with Gasteiger partial charge in [0, 0.05) is 31.4 Å². The number of nitrogens with zero attached hydrogens (tertiary/aromatic N) is 7. The molecule has 9 nitrogen and oxygen atoms in total. The molecule has 1 aliphatic heterocycles. The van der Waals surface area contributed by atoms with Crippen LogP contribution in [0.15, 0.2) is 30.6 Å². The highest BCUT2D eigenvalue weighted by molar-refractivity contribution is 5.91. The van der Waals surface area contributed by atoms with Crippen LogP contribution in [0, 0.1) is 13.8 Å². The largest absolute Gasteiger partial charge is 0.348 e. The fraction of sp³-hybridized carbons (Fsp3) is 0.316. The predicted octanol–water partition coefficient (Wildman–Crippen LogP) is 1.59. The fourth-order valence-electron chi connectivity index (χ4n) is 3.93. The van der Waals surface area contributed by atoms with E-state index in [9.17, 15) is 4.79 Å². The standard InChI is InChI=1S/C19H20N8O/c1-11-5-4-6-13-9-15(24-27(11)13)17-16-14(20-10-21-16)7-8-26(17)19(28)18-22-12(2)23-25(18)3/h4-6,9-10,17H,7-8H2,1-3H3,(H,20,21). The van der Waals surface area contributed by atoms with Crippen molar-refractivity contribution in [3.8, 4) is 0 Å². The van der Waals surface area contributed by atoms with Crippen molar-refractivity contribution >= 4 is 11.4 Å². The fourth-order valence-corrected chi connectivity index (χ4v) is 3.93. The van der Waals surface area contributed by atoms with Gasteiger partial charge >= 0.3 is 0 Å². The van der Waals surface area contributed by atoms with Crippen LogP contribution >= 0.6 is 0 Å². The summed E-state index contributed by atoms with van der Waals surface area (Å²) >= 11 is 0. The van der Waals surface area contributed by atoms with Gasteiger partial charge in [-0.05, 0) is 32.0 Å². The number of H-pyrrole nitrogens is 1. The molecule has 4 aromatic heterocycles. The molecular formula is C19H20N8O. The normalized spacial score (nSPS) is 16.5. The average Bonchev–Trinajstić information content (AvgIpc) is 3.38.